The molecule has 1 N–H and O–H groups in total. The molecule has 1 saturated heterocycles. The maximum absolute atomic E-state index is 12.1. The van der Waals surface area contributed by atoms with Crippen molar-refractivity contribution in [3.05, 3.63) is 0 Å². The summed E-state index contributed by atoms with van der Waals surface area (Å²) < 4.78 is 0. The van der Waals surface area contributed by atoms with E-state index in [0.29, 0.717) is 5.92 Å². The Bertz CT molecular complexity index is 312. The average Bonchev–Trinajstić information content (AvgIpc) is 2.15. The van der Waals surface area contributed by atoms with Crippen LogP contribution in [0.25, 0.3) is 0 Å². The second-order valence-electron chi connectivity index (χ2n) is 5.93. The number of hydrogen-bond donors (Lipinski definition) is 1. The summed E-state index contributed by atoms with van der Waals surface area (Å²) in [4.78, 5) is 24.9. The van der Waals surface area contributed by atoms with E-state index in [-0.39, 0.29) is 18.4 Å². The second kappa shape index (κ2) is 5.07. The van der Waals surface area contributed by atoms with Crippen molar-refractivity contribution in [1.82, 2.24) is 4.90 Å². The predicted molar refractivity (Wildman–Crippen MR) is 65.6 cm³/mol. The fourth-order valence-corrected chi connectivity index (χ4v) is 2.33. The van der Waals surface area contributed by atoms with Crippen LogP contribution < -0.4 is 0 Å². The van der Waals surface area contributed by atoms with Gasteiger partial charge in [-0.2, -0.15) is 0 Å². The summed E-state index contributed by atoms with van der Waals surface area (Å²) >= 11 is 0. The Hall–Kier alpha value is -1.06. The van der Waals surface area contributed by atoms with Gasteiger partial charge < -0.3 is 10.0 Å². The molecule has 2 atom stereocenters. The standard InChI is InChI=1S/C13H23NO3/c1-9-5-6-14(10(2)7-9)11(15)8-13(3,4)12(16)17/h9-10H,5-8H2,1-4H3,(H,16,17). The summed E-state index contributed by atoms with van der Waals surface area (Å²) in [5.41, 5.74) is -0.972. The zero-order chi connectivity index (χ0) is 13.2. The van der Waals surface area contributed by atoms with E-state index in [1.54, 1.807) is 13.8 Å². The van der Waals surface area contributed by atoms with Gasteiger partial charge in [-0.1, -0.05) is 6.92 Å². The van der Waals surface area contributed by atoms with E-state index in [4.69, 9.17) is 5.11 Å². The van der Waals surface area contributed by atoms with Crippen LogP contribution in [-0.4, -0.2) is 34.5 Å². The maximum Gasteiger partial charge on any atom is 0.309 e. The van der Waals surface area contributed by atoms with Gasteiger partial charge in [-0.15, -0.1) is 0 Å². The number of carbonyl (C=O) groups excluding carboxylic acids is 1. The highest BCUT2D eigenvalue weighted by atomic mass is 16.4. The average molecular weight is 241 g/mol. The third kappa shape index (κ3) is 3.45. The number of carbonyl (C=O) groups is 2. The zero-order valence-corrected chi connectivity index (χ0v) is 11.2. The highest BCUT2D eigenvalue weighted by Gasteiger charge is 2.34. The highest BCUT2D eigenvalue weighted by molar-refractivity contribution is 5.84. The van der Waals surface area contributed by atoms with Crippen LogP contribution >= 0.6 is 0 Å². The first-order chi connectivity index (χ1) is 7.74. The van der Waals surface area contributed by atoms with Gasteiger partial charge in [0.05, 0.1) is 5.41 Å². The van der Waals surface area contributed by atoms with Crippen molar-refractivity contribution < 1.29 is 14.7 Å². The van der Waals surface area contributed by atoms with Gasteiger partial charge >= 0.3 is 5.97 Å². The second-order valence-corrected chi connectivity index (χ2v) is 5.93. The SMILES string of the molecule is CC1CCN(C(=O)CC(C)(C)C(=O)O)C(C)C1. The molecule has 0 aromatic heterocycles. The summed E-state index contributed by atoms with van der Waals surface area (Å²) in [6.45, 7) is 8.20. The Morgan fingerprint density at radius 2 is 1.94 bits per heavy atom. The van der Waals surface area contributed by atoms with E-state index in [1.807, 2.05) is 11.8 Å². The van der Waals surface area contributed by atoms with E-state index in [2.05, 4.69) is 6.92 Å². The molecule has 0 aliphatic carbocycles. The number of hydrogen-bond acceptors (Lipinski definition) is 2. The number of likely N-dealkylation sites (tertiary alicyclic amines) is 1. The molecule has 1 aliphatic heterocycles. The van der Waals surface area contributed by atoms with Crippen LogP contribution in [0.5, 0.6) is 0 Å². The molecule has 1 heterocycles. The molecule has 0 radical (unpaired) electrons. The lowest BCUT2D eigenvalue weighted by Gasteiger charge is -2.37. The Morgan fingerprint density at radius 3 is 2.41 bits per heavy atom. The third-order valence-electron chi connectivity index (χ3n) is 3.63. The van der Waals surface area contributed by atoms with Gasteiger partial charge in [0.1, 0.15) is 0 Å². The van der Waals surface area contributed by atoms with Crippen LogP contribution in [0.4, 0.5) is 0 Å². The lowest BCUT2D eigenvalue weighted by atomic mass is 9.87. The lowest BCUT2D eigenvalue weighted by molar-refractivity contribution is -0.152. The Kier molecular flexibility index (Phi) is 4.17. The van der Waals surface area contributed by atoms with Crippen LogP contribution in [0, 0.1) is 11.3 Å². The van der Waals surface area contributed by atoms with Crippen molar-refractivity contribution in [1.29, 1.82) is 0 Å². The Balaban J connectivity index is 2.62. The van der Waals surface area contributed by atoms with E-state index in [9.17, 15) is 9.59 Å². The van der Waals surface area contributed by atoms with Gasteiger partial charge in [0, 0.05) is 19.0 Å². The van der Waals surface area contributed by atoms with Crippen LogP contribution in [0.3, 0.4) is 0 Å². The lowest BCUT2D eigenvalue weighted by Crippen LogP contribution is -2.46. The van der Waals surface area contributed by atoms with Crippen LogP contribution in [0.15, 0.2) is 0 Å². The minimum absolute atomic E-state index is 0.0307. The highest BCUT2D eigenvalue weighted by Crippen LogP contribution is 2.27. The molecule has 4 heteroatoms. The summed E-state index contributed by atoms with van der Waals surface area (Å²) in [6, 6.07) is 0.232. The van der Waals surface area contributed by atoms with Gasteiger partial charge in [0.25, 0.3) is 0 Å². The third-order valence-corrected chi connectivity index (χ3v) is 3.63. The molecule has 0 aromatic carbocycles. The maximum atomic E-state index is 12.1. The summed E-state index contributed by atoms with van der Waals surface area (Å²) in [7, 11) is 0. The fourth-order valence-electron chi connectivity index (χ4n) is 2.33. The summed E-state index contributed by atoms with van der Waals surface area (Å²) in [6.07, 6.45) is 2.11. The van der Waals surface area contributed by atoms with Crippen molar-refractivity contribution in [3.8, 4) is 0 Å². The van der Waals surface area contributed by atoms with Crippen molar-refractivity contribution in [2.45, 2.75) is 53.0 Å². The molecule has 0 aromatic rings. The van der Waals surface area contributed by atoms with Gasteiger partial charge in [-0.05, 0) is 39.5 Å². The van der Waals surface area contributed by atoms with Gasteiger partial charge in [0.2, 0.25) is 5.91 Å². The van der Waals surface area contributed by atoms with Gasteiger partial charge in [0.15, 0.2) is 0 Å². The molecule has 0 saturated carbocycles. The Labute approximate surface area is 103 Å². The first-order valence-corrected chi connectivity index (χ1v) is 6.27. The van der Waals surface area contributed by atoms with Crippen LogP contribution in [0.1, 0.15) is 47.0 Å². The van der Waals surface area contributed by atoms with Crippen molar-refractivity contribution in [2.75, 3.05) is 6.54 Å². The number of rotatable bonds is 3. The van der Waals surface area contributed by atoms with E-state index < -0.39 is 11.4 Å². The van der Waals surface area contributed by atoms with Crippen LogP contribution in [0.2, 0.25) is 0 Å². The molecule has 1 amide bonds. The van der Waals surface area contributed by atoms with Crippen molar-refractivity contribution in [2.24, 2.45) is 11.3 Å². The number of amides is 1. The summed E-state index contributed by atoms with van der Waals surface area (Å²) in [5, 5.41) is 9.03. The first-order valence-electron chi connectivity index (χ1n) is 6.27. The van der Waals surface area contributed by atoms with Crippen molar-refractivity contribution >= 4 is 11.9 Å². The molecule has 1 fully saturated rings. The first kappa shape index (κ1) is 14.0. The van der Waals surface area contributed by atoms with Crippen molar-refractivity contribution in [3.63, 3.8) is 0 Å². The van der Waals surface area contributed by atoms with E-state index >= 15 is 0 Å². The molecular formula is C13H23NO3. The minimum Gasteiger partial charge on any atom is -0.481 e. The number of aliphatic carboxylic acids is 1. The molecule has 1 aliphatic rings. The molecule has 4 nitrogen and oxygen atoms in total. The van der Waals surface area contributed by atoms with Crippen LogP contribution in [-0.2, 0) is 9.59 Å². The normalized spacial score (nSPS) is 25.8. The molecule has 2 unspecified atom stereocenters. The molecular weight excluding hydrogens is 218 g/mol. The monoisotopic (exact) mass is 241 g/mol. The molecule has 98 valence electrons. The zero-order valence-electron chi connectivity index (χ0n) is 11.2. The Morgan fingerprint density at radius 1 is 1.35 bits per heavy atom. The quantitative estimate of drug-likeness (QED) is 0.823. The topological polar surface area (TPSA) is 57.6 Å². The largest absolute Gasteiger partial charge is 0.481 e. The smallest absolute Gasteiger partial charge is 0.309 e. The summed E-state index contributed by atoms with van der Waals surface area (Å²) in [5.74, 6) is -0.290. The number of piperidine rings is 1. The van der Waals surface area contributed by atoms with E-state index in [0.717, 1.165) is 19.4 Å². The molecule has 1 rings (SSSR count). The number of nitrogens with zero attached hydrogens (tertiary/aromatic N) is 1. The van der Waals surface area contributed by atoms with Gasteiger partial charge in [-0.3, -0.25) is 9.59 Å². The molecule has 0 bridgehead atoms. The number of carboxylic acids is 1. The molecule has 17 heavy (non-hydrogen) atoms. The van der Waals surface area contributed by atoms with E-state index in [1.165, 1.54) is 0 Å². The predicted octanol–water partition coefficient (Wildman–Crippen LogP) is 2.13. The van der Waals surface area contributed by atoms with Gasteiger partial charge in [-0.25, -0.2) is 0 Å². The fraction of sp³-hybridized carbons (Fsp3) is 0.846. The number of carboxylic acid groups (broad SMARTS) is 1. The molecule has 0 spiro atoms. The minimum atomic E-state index is -0.972.